The van der Waals surface area contributed by atoms with Gasteiger partial charge in [-0.15, -0.1) is 0 Å². The quantitative estimate of drug-likeness (QED) is 0.102. The zero-order valence-electron chi connectivity index (χ0n) is 26.8. The topological polar surface area (TPSA) is 138 Å². The third-order valence-electron chi connectivity index (χ3n) is 10.0. The lowest BCUT2D eigenvalue weighted by atomic mass is 9.52. The maximum atomic E-state index is 13.5. The summed E-state index contributed by atoms with van der Waals surface area (Å²) in [6.07, 6.45) is 8.99. The molecule has 0 bridgehead atoms. The first kappa shape index (κ1) is 35.7. The first-order chi connectivity index (χ1) is 20.8. The van der Waals surface area contributed by atoms with Crippen molar-refractivity contribution in [2.24, 2.45) is 17.3 Å². The number of aliphatic hydroxyl groups is 5. The third-order valence-corrected chi connectivity index (χ3v) is 10.0. The van der Waals surface area contributed by atoms with E-state index in [9.17, 15) is 35.4 Å². The Labute approximate surface area is 262 Å². The fourth-order valence-corrected chi connectivity index (χ4v) is 7.37. The zero-order valence-corrected chi connectivity index (χ0v) is 26.8. The average Bonchev–Trinajstić information content (AvgIpc) is 3.33. The minimum atomic E-state index is -1.23. The molecule has 0 heterocycles. The molecule has 1 spiro atoms. The van der Waals surface area contributed by atoms with Gasteiger partial charge >= 0.3 is 0 Å². The Morgan fingerprint density at radius 3 is 2.43 bits per heavy atom. The highest BCUT2D eigenvalue weighted by molar-refractivity contribution is 5.97. The molecule has 0 saturated heterocycles. The van der Waals surface area contributed by atoms with Crippen LogP contribution in [0.25, 0.3) is 0 Å². The summed E-state index contributed by atoms with van der Waals surface area (Å²) in [6.45, 7) is 11.2. The van der Waals surface area contributed by atoms with Crippen molar-refractivity contribution in [1.29, 1.82) is 0 Å². The summed E-state index contributed by atoms with van der Waals surface area (Å²) in [6, 6.07) is 6.56. The van der Waals surface area contributed by atoms with Crippen LogP contribution in [0.15, 0.2) is 83.0 Å². The van der Waals surface area contributed by atoms with Crippen molar-refractivity contribution < 1.29 is 35.4 Å². The second-order valence-electron chi connectivity index (χ2n) is 13.1. The van der Waals surface area contributed by atoms with Crippen molar-refractivity contribution in [3.05, 3.63) is 88.6 Å². The smallest absolute Gasteiger partial charge is 0.162 e. The number of aromatic hydroxyl groups is 1. The molecule has 0 aliphatic heterocycles. The van der Waals surface area contributed by atoms with Crippen LogP contribution in [-0.4, -0.2) is 67.4 Å². The molecule has 2 saturated carbocycles. The van der Waals surface area contributed by atoms with Gasteiger partial charge in [0, 0.05) is 24.4 Å². The predicted molar refractivity (Wildman–Crippen MR) is 174 cm³/mol. The van der Waals surface area contributed by atoms with Crippen molar-refractivity contribution in [2.75, 3.05) is 13.2 Å². The summed E-state index contributed by atoms with van der Waals surface area (Å²) in [5, 5.41) is 64.2. The number of phenols is 1. The van der Waals surface area contributed by atoms with E-state index < -0.39 is 29.1 Å². The Bertz CT molecular complexity index is 1280. The fraction of sp³-hybridized carbons (Fsp3) is 0.541. The first-order valence-corrected chi connectivity index (χ1v) is 15.8. The number of carbonyl (C=O) groups excluding carboxylic acids is 1. The Balaban J connectivity index is 1.94. The highest BCUT2D eigenvalue weighted by Crippen LogP contribution is 2.63. The largest absolute Gasteiger partial charge is 0.508 e. The second-order valence-corrected chi connectivity index (χ2v) is 13.1. The van der Waals surface area contributed by atoms with Crippen LogP contribution < -0.4 is 0 Å². The van der Waals surface area contributed by atoms with Crippen molar-refractivity contribution in [1.82, 2.24) is 0 Å². The van der Waals surface area contributed by atoms with Crippen LogP contribution in [0.4, 0.5) is 0 Å². The molecule has 7 heteroatoms. The molecule has 6 atom stereocenters. The molecule has 242 valence electrons. The molecule has 0 amide bonds. The molecular weight excluding hydrogens is 556 g/mol. The van der Waals surface area contributed by atoms with E-state index in [-0.39, 0.29) is 37.1 Å². The van der Waals surface area contributed by atoms with E-state index in [1.807, 2.05) is 26.8 Å². The number of rotatable bonds is 13. The van der Waals surface area contributed by atoms with Gasteiger partial charge in [-0.1, -0.05) is 54.2 Å². The molecule has 2 fully saturated rings. The number of phenolic OH excluding ortho intramolecular Hbond substituents is 1. The number of Topliss-reactive ketones (excluding diaryl/α,β-unsaturated/α-hetero) is 1. The van der Waals surface area contributed by atoms with Crippen LogP contribution in [0.1, 0.15) is 78.2 Å². The number of benzene rings is 1. The minimum absolute atomic E-state index is 0.0437. The van der Waals surface area contributed by atoms with E-state index in [4.69, 9.17) is 0 Å². The highest BCUT2D eigenvalue weighted by Gasteiger charge is 2.64. The van der Waals surface area contributed by atoms with E-state index in [0.717, 1.165) is 16.7 Å². The summed E-state index contributed by atoms with van der Waals surface area (Å²) in [5.74, 6) is -0.657. The lowest BCUT2D eigenvalue weighted by Crippen LogP contribution is -2.59. The molecule has 2 aliphatic rings. The third kappa shape index (κ3) is 7.88. The summed E-state index contributed by atoms with van der Waals surface area (Å²) in [5.41, 5.74) is 2.41. The molecule has 1 aromatic rings. The lowest BCUT2D eigenvalue weighted by molar-refractivity contribution is -0.167. The van der Waals surface area contributed by atoms with Gasteiger partial charge in [0.15, 0.2) is 5.78 Å². The van der Waals surface area contributed by atoms with Crippen LogP contribution in [0.2, 0.25) is 0 Å². The van der Waals surface area contributed by atoms with Crippen LogP contribution in [0.5, 0.6) is 5.75 Å². The fourth-order valence-electron chi connectivity index (χ4n) is 7.37. The molecule has 3 rings (SSSR count). The molecule has 1 aromatic carbocycles. The van der Waals surface area contributed by atoms with Gasteiger partial charge in [-0.2, -0.15) is 0 Å². The van der Waals surface area contributed by atoms with Crippen molar-refractivity contribution >= 4 is 5.78 Å². The van der Waals surface area contributed by atoms with Crippen molar-refractivity contribution in [2.45, 2.75) is 96.9 Å². The van der Waals surface area contributed by atoms with Gasteiger partial charge in [0.2, 0.25) is 0 Å². The van der Waals surface area contributed by atoms with Crippen molar-refractivity contribution in [3.63, 3.8) is 0 Å². The Morgan fingerprint density at radius 1 is 1.14 bits per heavy atom. The number of ketones is 1. The van der Waals surface area contributed by atoms with E-state index in [1.165, 1.54) is 0 Å². The summed E-state index contributed by atoms with van der Waals surface area (Å²) < 4.78 is 0. The number of hydrogen-bond donors (Lipinski definition) is 6. The maximum absolute atomic E-state index is 13.5. The van der Waals surface area contributed by atoms with E-state index >= 15 is 0 Å². The molecule has 6 N–H and O–H groups in total. The summed E-state index contributed by atoms with van der Waals surface area (Å²) in [4.78, 5) is 13.5. The monoisotopic (exact) mass is 608 g/mol. The predicted octanol–water partition coefficient (Wildman–Crippen LogP) is 5.26. The molecule has 44 heavy (non-hydrogen) atoms. The minimum Gasteiger partial charge on any atom is -0.508 e. The van der Waals surface area contributed by atoms with E-state index in [2.05, 4.69) is 6.58 Å². The van der Waals surface area contributed by atoms with E-state index in [0.29, 0.717) is 61.7 Å². The Morgan fingerprint density at radius 2 is 1.82 bits per heavy atom. The Kier molecular flexibility index (Phi) is 12.5. The first-order valence-electron chi connectivity index (χ1n) is 15.8. The normalized spacial score (nSPS) is 29.2. The average molecular weight is 609 g/mol. The molecule has 2 aliphatic carbocycles. The van der Waals surface area contributed by atoms with Gasteiger partial charge in [0.25, 0.3) is 0 Å². The van der Waals surface area contributed by atoms with Gasteiger partial charge in [0.05, 0.1) is 24.4 Å². The van der Waals surface area contributed by atoms with Gasteiger partial charge in [-0.25, -0.2) is 0 Å². The van der Waals surface area contributed by atoms with Crippen LogP contribution in [0, 0.1) is 17.3 Å². The molecule has 7 nitrogen and oxygen atoms in total. The molecule has 0 radical (unpaired) electrons. The van der Waals surface area contributed by atoms with Crippen molar-refractivity contribution in [3.8, 4) is 5.75 Å². The number of carbonyl (C=O) groups is 1. The number of allylic oxidation sites excluding steroid dienone is 5. The molecule has 0 unspecified atom stereocenters. The van der Waals surface area contributed by atoms with Gasteiger partial charge in [-0.05, 0) is 113 Å². The molecular formula is C37H52O7. The second kappa shape index (κ2) is 15.5. The lowest BCUT2D eigenvalue weighted by Gasteiger charge is -2.55. The van der Waals surface area contributed by atoms with Gasteiger partial charge in [0.1, 0.15) is 5.75 Å². The summed E-state index contributed by atoms with van der Waals surface area (Å²) in [7, 11) is 0. The maximum Gasteiger partial charge on any atom is 0.162 e. The van der Waals surface area contributed by atoms with Crippen LogP contribution in [-0.2, 0) is 11.2 Å². The summed E-state index contributed by atoms with van der Waals surface area (Å²) >= 11 is 0. The SMILES string of the molecule is C=C(C=CC=C(CO)[C@@H]1CC[C@@]2([C@H](CCCO)C(=C(C)C(=O)Cc3ccc(O)cc3)CC[C@@]2(C)O)[C@@H]1O)[C@H](O)CC=C(C)C. The highest BCUT2D eigenvalue weighted by atomic mass is 16.3. The number of hydrogen-bond acceptors (Lipinski definition) is 7. The van der Waals surface area contributed by atoms with Gasteiger partial charge in [-0.3, -0.25) is 4.79 Å². The van der Waals surface area contributed by atoms with Gasteiger partial charge < -0.3 is 30.6 Å². The van der Waals surface area contributed by atoms with E-state index in [1.54, 1.807) is 49.4 Å². The standard InChI is InChI=1S/C37H52O7/c1-24(2)11-16-33(41)25(3)8-6-9-28(23-39)31-18-20-37(35(31)43)32(10-7-21-38)30(17-19-36(37,5)44)26(4)34(42)22-27-12-14-29(40)15-13-27/h6,8-9,11-15,31-33,35,38-41,43-44H,3,7,10,16-23H2,1-2,4-5H3/t31-,32+,33+,35+,36+,37+/m0/s1. The number of aliphatic hydroxyl groups excluding tert-OH is 4. The van der Waals surface area contributed by atoms with Crippen LogP contribution >= 0.6 is 0 Å². The molecule has 0 aromatic heterocycles. The zero-order chi connectivity index (χ0) is 32.7. The van der Waals surface area contributed by atoms with Crippen LogP contribution in [0.3, 0.4) is 0 Å². The Hall–Kier alpha value is -2.81.